The Morgan fingerprint density at radius 2 is 2.17 bits per heavy atom. The zero-order chi connectivity index (χ0) is 20.7. The van der Waals surface area contributed by atoms with Crippen LogP contribution in [0.15, 0.2) is 24.5 Å². The van der Waals surface area contributed by atoms with Gasteiger partial charge in [-0.05, 0) is 38.3 Å². The van der Waals surface area contributed by atoms with Gasteiger partial charge in [0, 0.05) is 36.1 Å². The number of carbonyl (C=O) groups is 1. The molecule has 1 N–H and O–H groups in total. The van der Waals surface area contributed by atoms with Crippen LogP contribution >= 0.6 is 0 Å². The van der Waals surface area contributed by atoms with Crippen molar-refractivity contribution < 1.29 is 14.3 Å². The van der Waals surface area contributed by atoms with Crippen LogP contribution < -0.4 is 19.7 Å². The molecular formula is C21H24N6O3. The second-order valence-corrected chi connectivity index (χ2v) is 7.67. The Labute approximate surface area is 174 Å². The van der Waals surface area contributed by atoms with Gasteiger partial charge in [0.1, 0.15) is 12.1 Å². The summed E-state index contributed by atoms with van der Waals surface area (Å²) in [4.78, 5) is 24.1. The normalized spacial score (nSPS) is 18.1. The fourth-order valence-corrected chi connectivity index (χ4v) is 4.31. The molecule has 1 fully saturated rings. The van der Waals surface area contributed by atoms with Gasteiger partial charge >= 0.3 is 0 Å². The van der Waals surface area contributed by atoms with Gasteiger partial charge in [0.2, 0.25) is 12.7 Å². The summed E-state index contributed by atoms with van der Waals surface area (Å²) in [6.45, 7) is 5.84. The van der Waals surface area contributed by atoms with Crippen LogP contribution in [0.3, 0.4) is 0 Å². The van der Waals surface area contributed by atoms with Gasteiger partial charge in [-0.2, -0.15) is 14.6 Å². The summed E-state index contributed by atoms with van der Waals surface area (Å²) in [6.07, 6.45) is 4.14. The van der Waals surface area contributed by atoms with Gasteiger partial charge in [-0.3, -0.25) is 4.79 Å². The molecule has 4 heterocycles. The van der Waals surface area contributed by atoms with Crippen LogP contribution in [0.4, 0.5) is 11.5 Å². The van der Waals surface area contributed by atoms with Crippen LogP contribution in [0.5, 0.6) is 11.5 Å². The predicted octanol–water partition coefficient (Wildman–Crippen LogP) is 2.58. The number of ether oxygens (including phenoxy) is 2. The number of hydrogen-bond donors (Lipinski definition) is 1. The van der Waals surface area contributed by atoms with E-state index in [1.807, 2.05) is 19.1 Å². The number of carbonyl (C=O) groups excluding carboxylic acids is 1. The molecule has 9 nitrogen and oxygen atoms in total. The molecule has 1 atom stereocenters. The monoisotopic (exact) mass is 408 g/mol. The standard InChI is InChI=1S/C21H24N6O3/c1-3-16-13(2)24-21-22-11-23-27(21)20(16)26-8-4-5-14(10-26)19(28)25-15-6-7-17-18(9-15)30-12-29-17/h6-7,9,11,14H,3-5,8,10,12H2,1-2H3,(H,25,28)/t14-/m0/s1. The third-order valence-corrected chi connectivity index (χ3v) is 5.79. The van der Waals surface area contributed by atoms with Crippen molar-refractivity contribution in [3.05, 3.63) is 35.8 Å². The molecule has 1 amide bonds. The largest absolute Gasteiger partial charge is 0.454 e. The Hall–Kier alpha value is -3.36. The lowest BCUT2D eigenvalue weighted by Crippen LogP contribution is -2.42. The highest BCUT2D eigenvalue weighted by molar-refractivity contribution is 5.93. The second-order valence-electron chi connectivity index (χ2n) is 7.67. The van der Waals surface area contributed by atoms with Crippen LogP contribution in [0.2, 0.25) is 0 Å². The number of piperidine rings is 1. The van der Waals surface area contributed by atoms with Crippen molar-refractivity contribution in [1.82, 2.24) is 19.6 Å². The van der Waals surface area contributed by atoms with E-state index in [1.165, 1.54) is 6.33 Å². The third-order valence-electron chi connectivity index (χ3n) is 5.79. The first-order chi connectivity index (χ1) is 14.6. The molecule has 2 aliphatic rings. The lowest BCUT2D eigenvalue weighted by Gasteiger charge is -2.35. The molecule has 0 aliphatic carbocycles. The van der Waals surface area contributed by atoms with Crippen LogP contribution in [-0.2, 0) is 11.2 Å². The summed E-state index contributed by atoms with van der Waals surface area (Å²) in [7, 11) is 0. The maximum Gasteiger partial charge on any atom is 0.254 e. The number of nitrogens with zero attached hydrogens (tertiary/aromatic N) is 5. The van der Waals surface area contributed by atoms with Gasteiger partial charge in [-0.1, -0.05) is 6.92 Å². The maximum atomic E-state index is 13.0. The third kappa shape index (κ3) is 3.20. The Bertz CT molecular complexity index is 1110. The van der Waals surface area contributed by atoms with E-state index in [-0.39, 0.29) is 18.6 Å². The van der Waals surface area contributed by atoms with Crippen molar-refractivity contribution in [1.29, 1.82) is 0 Å². The molecule has 3 aromatic rings. The summed E-state index contributed by atoms with van der Waals surface area (Å²) in [5.41, 5.74) is 2.82. The van der Waals surface area contributed by atoms with E-state index < -0.39 is 0 Å². The van der Waals surface area contributed by atoms with Crippen LogP contribution in [0.25, 0.3) is 5.78 Å². The molecular weight excluding hydrogens is 384 g/mol. The van der Waals surface area contributed by atoms with Crippen molar-refractivity contribution >= 4 is 23.2 Å². The SMILES string of the molecule is CCc1c(C)nc2ncnn2c1N1CCC[C@H](C(=O)Nc2ccc3c(c2)OCO3)C1. The number of nitrogens with one attached hydrogen (secondary N) is 1. The number of aromatic nitrogens is 4. The zero-order valence-corrected chi connectivity index (χ0v) is 17.1. The van der Waals surface area contributed by atoms with Crippen molar-refractivity contribution in [2.45, 2.75) is 33.1 Å². The zero-order valence-electron chi connectivity index (χ0n) is 17.1. The van der Waals surface area contributed by atoms with Gasteiger partial charge in [0.25, 0.3) is 5.78 Å². The van der Waals surface area contributed by atoms with Crippen molar-refractivity contribution in [2.24, 2.45) is 5.92 Å². The molecule has 2 aromatic heterocycles. The van der Waals surface area contributed by atoms with Gasteiger partial charge in [-0.25, -0.2) is 4.98 Å². The first kappa shape index (κ1) is 18.7. The number of fused-ring (bicyclic) bond motifs is 2. The van der Waals surface area contributed by atoms with Crippen molar-refractivity contribution in [3.8, 4) is 11.5 Å². The maximum absolute atomic E-state index is 13.0. The Morgan fingerprint density at radius 3 is 3.03 bits per heavy atom. The smallest absolute Gasteiger partial charge is 0.254 e. The Balaban J connectivity index is 1.38. The molecule has 2 aliphatic heterocycles. The van der Waals surface area contributed by atoms with Gasteiger partial charge in [0.15, 0.2) is 11.5 Å². The van der Waals surface area contributed by atoms with Gasteiger partial charge in [-0.15, -0.1) is 0 Å². The number of amides is 1. The minimum absolute atomic E-state index is 0.0113. The predicted molar refractivity (Wildman–Crippen MR) is 111 cm³/mol. The molecule has 0 unspecified atom stereocenters. The molecule has 156 valence electrons. The van der Waals surface area contributed by atoms with E-state index >= 15 is 0 Å². The molecule has 5 rings (SSSR count). The molecule has 0 saturated carbocycles. The van der Waals surface area contributed by atoms with E-state index in [9.17, 15) is 4.79 Å². The molecule has 0 spiro atoms. The summed E-state index contributed by atoms with van der Waals surface area (Å²) in [5.74, 6) is 2.84. The molecule has 1 aromatic carbocycles. The lowest BCUT2D eigenvalue weighted by atomic mass is 9.96. The molecule has 0 radical (unpaired) electrons. The summed E-state index contributed by atoms with van der Waals surface area (Å²) in [6, 6.07) is 5.47. The highest BCUT2D eigenvalue weighted by Gasteiger charge is 2.29. The number of benzene rings is 1. The number of aryl methyl sites for hydroxylation is 1. The number of hydrogen-bond acceptors (Lipinski definition) is 7. The molecule has 0 bridgehead atoms. The van der Waals surface area contributed by atoms with E-state index in [0.717, 1.165) is 42.9 Å². The average Bonchev–Trinajstić information content (AvgIpc) is 3.41. The fraction of sp³-hybridized carbons (Fsp3) is 0.429. The van der Waals surface area contributed by atoms with Crippen LogP contribution in [0, 0.1) is 12.8 Å². The Kier molecular flexibility index (Phi) is 4.65. The van der Waals surface area contributed by atoms with E-state index in [2.05, 4.69) is 32.2 Å². The quantitative estimate of drug-likeness (QED) is 0.709. The molecule has 9 heteroatoms. The van der Waals surface area contributed by atoms with E-state index in [4.69, 9.17) is 9.47 Å². The average molecular weight is 408 g/mol. The first-order valence-electron chi connectivity index (χ1n) is 10.3. The minimum Gasteiger partial charge on any atom is -0.454 e. The summed E-state index contributed by atoms with van der Waals surface area (Å²) >= 11 is 0. The van der Waals surface area contributed by atoms with Crippen LogP contribution in [-0.4, -0.2) is 45.4 Å². The summed E-state index contributed by atoms with van der Waals surface area (Å²) < 4.78 is 12.5. The second kappa shape index (κ2) is 7.47. The number of anilines is 2. The van der Waals surface area contributed by atoms with Gasteiger partial charge in [0.05, 0.1) is 5.92 Å². The topological polar surface area (TPSA) is 93.9 Å². The highest BCUT2D eigenvalue weighted by Crippen LogP contribution is 2.35. The van der Waals surface area contributed by atoms with Gasteiger partial charge < -0.3 is 19.7 Å². The van der Waals surface area contributed by atoms with E-state index in [1.54, 1.807) is 10.6 Å². The molecule has 30 heavy (non-hydrogen) atoms. The van der Waals surface area contributed by atoms with Crippen molar-refractivity contribution in [2.75, 3.05) is 30.1 Å². The first-order valence-corrected chi connectivity index (χ1v) is 10.3. The van der Waals surface area contributed by atoms with Crippen LogP contribution in [0.1, 0.15) is 31.0 Å². The van der Waals surface area contributed by atoms with Crippen molar-refractivity contribution in [3.63, 3.8) is 0 Å². The summed E-state index contributed by atoms with van der Waals surface area (Å²) in [5, 5.41) is 7.43. The lowest BCUT2D eigenvalue weighted by molar-refractivity contribution is -0.120. The fourth-order valence-electron chi connectivity index (χ4n) is 4.31. The van der Waals surface area contributed by atoms with E-state index in [0.29, 0.717) is 29.5 Å². The minimum atomic E-state index is -0.124. The Morgan fingerprint density at radius 1 is 1.30 bits per heavy atom. The highest BCUT2D eigenvalue weighted by atomic mass is 16.7. The molecule has 1 saturated heterocycles. The number of rotatable bonds is 4.